The molecule has 0 amide bonds. The van der Waals surface area contributed by atoms with Gasteiger partial charge in [0.05, 0.1) is 0 Å². The molecule has 0 spiro atoms. The minimum absolute atomic E-state index is 1.06. The predicted molar refractivity (Wildman–Crippen MR) is 74.4 cm³/mol. The molecular weight excluding hydrogens is 216 g/mol. The Balaban J connectivity index is 1.84. The Kier molecular flexibility index (Phi) is 4.17. The Labute approximate surface area is 101 Å². The number of H-pyrrole nitrogens is 1. The molecule has 1 heterocycles. The molecular formula is C13H18N2S. The number of aromatic amines is 1. The molecule has 0 radical (unpaired) electrons. The van der Waals surface area contributed by atoms with Gasteiger partial charge in [-0.2, -0.15) is 11.8 Å². The maximum Gasteiger partial charge on any atom is 0.0455 e. The van der Waals surface area contributed by atoms with Gasteiger partial charge in [0.2, 0.25) is 0 Å². The van der Waals surface area contributed by atoms with Gasteiger partial charge in [-0.25, -0.2) is 0 Å². The highest BCUT2D eigenvalue weighted by Crippen LogP contribution is 2.17. The van der Waals surface area contributed by atoms with Crippen molar-refractivity contribution in [2.24, 2.45) is 0 Å². The molecule has 0 aliphatic rings. The first-order valence-corrected chi connectivity index (χ1v) is 6.94. The Morgan fingerprint density at radius 3 is 3.12 bits per heavy atom. The van der Waals surface area contributed by atoms with Gasteiger partial charge in [0.1, 0.15) is 0 Å². The predicted octanol–water partition coefficient (Wildman–Crippen LogP) is 3.72. The summed E-state index contributed by atoms with van der Waals surface area (Å²) in [5.74, 6) is 2.46. The van der Waals surface area contributed by atoms with Gasteiger partial charge in [0.15, 0.2) is 0 Å². The van der Waals surface area contributed by atoms with Gasteiger partial charge in [-0.1, -0.05) is 6.92 Å². The zero-order valence-electron chi connectivity index (χ0n) is 9.62. The van der Waals surface area contributed by atoms with E-state index in [2.05, 4.69) is 41.5 Å². The highest BCUT2D eigenvalue weighted by atomic mass is 32.2. The van der Waals surface area contributed by atoms with Gasteiger partial charge in [-0.05, 0) is 42.2 Å². The molecule has 0 bridgehead atoms. The van der Waals surface area contributed by atoms with Gasteiger partial charge in [0, 0.05) is 29.3 Å². The molecule has 0 atom stereocenters. The number of aromatic nitrogens is 1. The maximum atomic E-state index is 3.46. The number of fused-ring (bicyclic) bond motifs is 1. The molecule has 0 aliphatic heterocycles. The van der Waals surface area contributed by atoms with Crippen molar-refractivity contribution in [3.8, 4) is 0 Å². The first kappa shape index (κ1) is 11.4. The molecule has 0 unspecified atom stereocenters. The van der Waals surface area contributed by atoms with Crippen molar-refractivity contribution in [2.75, 3.05) is 23.4 Å². The van der Waals surface area contributed by atoms with E-state index in [0.29, 0.717) is 0 Å². The molecule has 0 fully saturated rings. The number of benzene rings is 1. The van der Waals surface area contributed by atoms with Crippen molar-refractivity contribution in [3.05, 3.63) is 30.5 Å². The topological polar surface area (TPSA) is 27.8 Å². The van der Waals surface area contributed by atoms with Gasteiger partial charge >= 0.3 is 0 Å². The van der Waals surface area contributed by atoms with Crippen LogP contribution in [0.3, 0.4) is 0 Å². The summed E-state index contributed by atoms with van der Waals surface area (Å²) >= 11 is 2.00. The molecule has 1 aromatic carbocycles. The second-order valence-corrected chi connectivity index (χ2v) is 5.15. The van der Waals surface area contributed by atoms with E-state index in [9.17, 15) is 0 Å². The Morgan fingerprint density at radius 2 is 2.25 bits per heavy atom. The second-order valence-electron chi connectivity index (χ2n) is 3.76. The van der Waals surface area contributed by atoms with E-state index < -0.39 is 0 Å². The van der Waals surface area contributed by atoms with Gasteiger partial charge in [0.25, 0.3) is 0 Å². The van der Waals surface area contributed by atoms with Crippen LogP contribution in [0, 0.1) is 0 Å². The first-order chi connectivity index (χ1) is 7.90. The SMILES string of the molecule is CCSCCCNc1ccc2[nH]ccc2c1. The largest absolute Gasteiger partial charge is 0.385 e. The lowest BCUT2D eigenvalue weighted by molar-refractivity contribution is 0.992. The van der Waals surface area contributed by atoms with E-state index >= 15 is 0 Å². The van der Waals surface area contributed by atoms with Crippen molar-refractivity contribution < 1.29 is 0 Å². The summed E-state index contributed by atoms with van der Waals surface area (Å²) in [5, 5.41) is 4.73. The van der Waals surface area contributed by atoms with Crippen molar-refractivity contribution in [2.45, 2.75) is 13.3 Å². The van der Waals surface area contributed by atoms with Crippen LogP contribution in [0.25, 0.3) is 10.9 Å². The number of hydrogen-bond donors (Lipinski definition) is 2. The minimum Gasteiger partial charge on any atom is -0.385 e. The van der Waals surface area contributed by atoms with E-state index in [1.165, 1.54) is 34.5 Å². The number of thioether (sulfide) groups is 1. The Morgan fingerprint density at radius 1 is 1.31 bits per heavy atom. The lowest BCUT2D eigenvalue weighted by Crippen LogP contribution is -2.02. The maximum absolute atomic E-state index is 3.46. The molecule has 0 saturated heterocycles. The molecule has 2 N–H and O–H groups in total. The highest BCUT2D eigenvalue weighted by molar-refractivity contribution is 7.99. The Bertz CT molecular complexity index is 436. The number of hydrogen-bond acceptors (Lipinski definition) is 2. The van der Waals surface area contributed by atoms with E-state index in [1.54, 1.807) is 0 Å². The average molecular weight is 234 g/mol. The van der Waals surface area contributed by atoms with Crippen molar-refractivity contribution in [3.63, 3.8) is 0 Å². The summed E-state index contributed by atoms with van der Waals surface area (Å²) in [6, 6.07) is 8.55. The van der Waals surface area contributed by atoms with Gasteiger partial charge in [-0.15, -0.1) is 0 Å². The normalized spacial score (nSPS) is 10.8. The van der Waals surface area contributed by atoms with Crippen LogP contribution in [0.2, 0.25) is 0 Å². The van der Waals surface area contributed by atoms with Crippen LogP contribution in [0.4, 0.5) is 5.69 Å². The zero-order valence-corrected chi connectivity index (χ0v) is 10.4. The third-order valence-corrected chi connectivity index (χ3v) is 3.54. The molecule has 2 nitrogen and oxygen atoms in total. The summed E-state index contributed by atoms with van der Waals surface area (Å²) in [6.45, 7) is 3.26. The fraction of sp³-hybridized carbons (Fsp3) is 0.385. The molecule has 86 valence electrons. The van der Waals surface area contributed by atoms with Crippen LogP contribution < -0.4 is 5.32 Å². The summed E-state index contributed by atoms with van der Waals surface area (Å²) in [7, 11) is 0. The van der Waals surface area contributed by atoms with Crippen molar-refractivity contribution >= 4 is 28.4 Å². The van der Waals surface area contributed by atoms with Crippen LogP contribution in [0.15, 0.2) is 30.5 Å². The smallest absolute Gasteiger partial charge is 0.0455 e. The fourth-order valence-electron chi connectivity index (χ4n) is 1.71. The summed E-state index contributed by atoms with van der Waals surface area (Å²) in [5.41, 5.74) is 2.42. The molecule has 16 heavy (non-hydrogen) atoms. The van der Waals surface area contributed by atoms with E-state index in [0.717, 1.165) is 6.54 Å². The second kappa shape index (κ2) is 5.85. The zero-order chi connectivity index (χ0) is 11.2. The molecule has 1 aromatic heterocycles. The standard InChI is InChI=1S/C13H18N2S/c1-2-16-9-3-7-14-12-4-5-13-11(10-12)6-8-15-13/h4-6,8,10,14-15H,2-3,7,9H2,1H3. The number of anilines is 1. The van der Waals surface area contributed by atoms with Crippen LogP contribution >= 0.6 is 11.8 Å². The summed E-state index contributed by atoms with van der Waals surface area (Å²) in [4.78, 5) is 3.20. The summed E-state index contributed by atoms with van der Waals surface area (Å²) in [6.07, 6.45) is 3.20. The van der Waals surface area contributed by atoms with Crippen LogP contribution in [-0.2, 0) is 0 Å². The molecule has 2 aromatic rings. The monoisotopic (exact) mass is 234 g/mol. The van der Waals surface area contributed by atoms with E-state index in [-0.39, 0.29) is 0 Å². The molecule has 0 aliphatic carbocycles. The van der Waals surface area contributed by atoms with Gasteiger partial charge in [-0.3, -0.25) is 0 Å². The van der Waals surface area contributed by atoms with E-state index in [4.69, 9.17) is 0 Å². The Hall–Kier alpha value is -1.09. The molecule has 0 saturated carbocycles. The lowest BCUT2D eigenvalue weighted by Gasteiger charge is -2.05. The number of rotatable bonds is 6. The first-order valence-electron chi connectivity index (χ1n) is 5.79. The highest BCUT2D eigenvalue weighted by Gasteiger charge is 1.96. The molecule has 3 heteroatoms. The molecule has 2 rings (SSSR count). The van der Waals surface area contributed by atoms with Crippen LogP contribution in [0.5, 0.6) is 0 Å². The van der Waals surface area contributed by atoms with E-state index in [1.807, 2.05) is 18.0 Å². The fourth-order valence-corrected chi connectivity index (χ4v) is 2.35. The van der Waals surface area contributed by atoms with Crippen molar-refractivity contribution in [1.29, 1.82) is 0 Å². The third-order valence-electron chi connectivity index (χ3n) is 2.55. The van der Waals surface area contributed by atoms with Gasteiger partial charge < -0.3 is 10.3 Å². The summed E-state index contributed by atoms with van der Waals surface area (Å²) < 4.78 is 0. The quantitative estimate of drug-likeness (QED) is 0.745. The average Bonchev–Trinajstić information content (AvgIpc) is 2.76. The van der Waals surface area contributed by atoms with Crippen LogP contribution in [0.1, 0.15) is 13.3 Å². The van der Waals surface area contributed by atoms with Crippen LogP contribution in [-0.4, -0.2) is 23.0 Å². The van der Waals surface area contributed by atoms with Crippen molar-refractivity contribution in [1.82, 2.24) is 4.98 Å². The lowest BCUT2D eigenvalue weighted by atomic mass is 10.2. The number of nitrogens with one attached hydrogen (secondary N) is 2. The third kappa shape index (κ3) is 2.95. The minimum atomic E-state index is 1.06.